The minimum atomic E-state index is -0.921. The SMILES string of the molecule is C[C@H](OC(=O)CCC(=O)c1ccc2c(c1)OCCO2)C(=O)N(C)Cc1ccccc1. The number of esters is 1. The maximum Gasteiger partial charge on any atom is 0.307 e. The number of carbonyl (C=O) groups excluding carboxylic acids is 3. The molecule has 1 amide bonds. The summed E-state index contributed by atoms with van der Waals surface area (Å²) in [7, 11) is 1.66. The highest BCUT2D eigenvalue weighted by Crippen LogP contribution is 2.31. The second kappa shape index (κ2) is 9.91. The molecule has 3 rings (SSSR count). The van der Waals surface area contributed by atoms with Crippen molar-refractivity contribution in [3.05, 3.63) is 59.7 Å². The minimum Gasteiger partial charge on any atom is -0.486 e. The summed E-state index contributed by atoms with van der Waals surface area (Å²) in [6.07, 6.45) is -1.04. The molecule has 158 valence electrons. The molecule has 0 spiro atoms. The standard InChI is InChI=1S/C23H25NO6/c1-16(23(27)24(2)15-17-6-4-3-5-7-17)30-22(26)11-9-19(25)18-8-10-20-21(14-18)29-13-12-28-20/h3-8,10,14,16H,9,11-13,15H2,1-2H3/t16-/m0/s1. The lowest BCUT2D eigenvalue weighted by atomic mass is 10.1. The molecule has 1 heterocycles. The van der Waals surface area contributed by atoms with Crippen molar-refractivity contribution in [3.8, 4) is 11.5 Å². The zero-order valence-electron chi connectivity index (χ0n) is 17.1. The second-order valence-corrected chi connectivity index (χ2v) is 7.09. The van der Waals surface area contributed by atoms with Gasteiger partial charge in [0, 0.05) is 25.6 Å². The third-order valence-electron chi connectivity index (χ3n) is 4.72. The molecule has 2 aromatic rings. The van der Waals surface area contributed by atoms with Gasteiger partial charge in [0.25, 0.3) is 5.91 Å². The zero-order chi connectivity index (χ0) is 21.5. The molecule has 0 fully saturated rings. The largest absolute Gasteiger partial charge is 0.486 e. The molecule has 0 bridgehead atoms. The Morgan fingerprint density at radius 1 is 1.00 bits per heavy atom. The number of ether oxygens (including phenoxy) is 3. The van der Waals surface area contributed by atoms with Gasteiger partial charge in [-0.05, 0) is 30.7 Å². The molecule has 7 heteroatoms. The van der Waals surface area contributed by atoms with Crippen LogP contribution in [0, 0.1) is 0 Å². The maximum absolute atomic E-state index is 12.4. The van der Waals surface area contributed by atoms with Crippen LogP contribution in [0.2, 0.25) is 0 Å². The summed E-state index contributed by atoms with van der Waals surface area (Å²) in [5.74, 6) is 0.0313. The predicted molar refractivity (Wildman–Crippen MR) is 109 cm³/mol. The van der Waals surface area contributed by atoms with E-state index in [4.69, 9.17) is 14.2 Å². The normalized spacial score (nSPS) is 13.3. The van der Waals surface area contributed by atoms with Crippen molar-refractivity contribution in [1.29, 1.82) is 0 Å². The molecule has 2 aromatic carbocycles. The van der Waals surface area contributed by atoms with Crippen LogP contribution in [0.1, 0.15) is 35.7 Å². The third-order valence-corrected chi connectivity index (χ3v) is 4.72. The molecule has 30 heavy (non-hydrogen) atoms. The highest BCUT2D eigenvalue weighted by Gasteiger charge is 2.22. The average Bonchev–Trinajstić information content (AvgIpc) is 2.77. The molecule has 7 nitrogen and oxygen atoms in total. The molecule has 0 aliphatic carbocycles. The molecule has 0 saturated heterocycles. The summed E-state index contributed by atoms with van der Waals surface area (Å²) in [6, 6.07) is 14.5. The van der Waals surface area contributed by atoms with Gasteiger partial charge in [0.2, 0.25) is 0 Å². The summed E-state index contributed by atoms with van der Waals surface area (Å²) < 4.78 is 16.1. The van der Waals surface area contributed by atoms with Gasteiger partial charge >= 0.3 is 5.97 Å². The molecule has 1 aliphatic rings. The van der Waals surface area contributed by atoms with E-state index in [-0.39, 0.29) is 24.5 Å². The fourth-order valence-corrected chi connectivity index (χ4v) is 3.13. The molecule has 1 atom stereocenters. The zero-order valence-corrected chi connectivity index (χ0v) is 17.1. The van der Waals surface area contributed by atoms with Crippen LogP contribution in [0.4, 0.5) is 0 Å². The Balaban J connectivity index is 1.46. The molecular formula is C23H25NO6. The Morgan fingerprint density at radius 3 is 2.43 bits per heavy atom. The first kappa shape index (κ1) is 21.4. The van der Waals surface area contributed by atoms with E-state index >= 15 is 0 Å². The molecule has 0 unspecified atom stereocenters. The van der Waals surface area contributed by atoms with Crippen molar-refractivity contribution >= 4 is 17.7 Å². The van der Waals surface area contributed by atoms with Gasteiger partial charge < -0.3 is 19.1 Å². The summed E-state index contributed by atoms with van der Waals surface area (Å²) in [5, 5.41) is 0. The fourth-order valence-electron chi connectivity index (χ4n) is 3.13. The van der Waals surface area contributed by atoms with Gasteiger partial charge in [-0.3, -0.25) is 14.4 Å². The van der Waals surface area contributed by atoms with Crippen LogP contribution in [0.5, 0.6) is 11.5 Å². The summed E-state index contributed by atoms with van der Waals surface area (Å²) in [6.45, 7) is 2.86. The number of benzene rings is 2. The first-order chi connectivity index (χ1) is 14.4. The Hall–Kier alpha value is -3.35. The van der Waals surface area contributed by atoms with Crippen molar-refractivity contribution in [1.82, 2.24) is 4.90 Å². The van der Waals surface area contributed by atoms with Gasteiger partial charge in [0.1, 0.15) is 13.2 Å². The number of Topliss-reactive ketones (excluding diaryl/α,β-unsaturated/α-hetero) is 1. The number of ketones is 1. The van der Waals surface area contributed by atoms with E-state index in [1.54, 1.807) is 25.2 Å². The first-order valence-corrected chi connectivity index (χ1v) is 9.85. The number of hydrogen-bond acceptors (Lipinski definition) is 6. The van der Waals surface area contributed by atoms with E-state index in [1.807, 2.05) is 30.3 Å². The summed E-state index contributed by atoms with van der Waals surface area (Å²) in [5.41, 5.74) is 1.43. The van der Waals surface area contributed by atoms with Crippen molar-refractivity contribution in [3.63, 3.8) is 0 Å². The Morgan fingerprint density at radius 2 is 1.70 bits per heavy atom. The van der Waals surface area contributed by atoms with Crippen LogP contribution >= 0.6 is 0 Å². The van der Waals surface area contributed by atoms with Crippen molar-refractivity contribution in [2.45, 2.75) is 32.4 Å². The lowest BCUT2D eigenvalue weighted by Crippen LogP contribution is -2.37. The fraction of sp³-hybridized carbons (Fsp3) is 0.348. The second-order valence-electron chi connectivity index (χ2n) is 7.09. The monoisotopic (exact) mass is 411 g/mol. The van der Waals surface area contributed by atoms with E-state index in [0.29, 0.717) is 36.8 Å². The quantitative estimate of drug-likeness (QED) is 0.491. The minimum absolute atomic E-state index is 0.0146. The number of likely N-dealkylation sites (N-methyl/N-ethyl adjacent to an activating group) is 1. The molecule has 0 N–H and O–H groups in total. The van der Waals surface area contributed by atoms with E-state index in [9.17, 15) is 14.4 Å². The van der Waals surface area contributed by atoms with Gasteiger partial charge in [-0.25, -0.2) is 0 Å². The molecule has 0 aromatic heterocycles. The topological polar surface area (TPSA) is 82.1 Å². The van der Waals surface area contributed by atoms with Crippen molar-refractivity contribution in [2.24, 2.45) is 0 Å². The molecule has 0 radical (unpaired) electrons. The van der Waals surface area contributed by atoms with Crippen molar-refractivity contribution in [2.75, 3.05) is 20.3 Å². The van der Waals surface area contributed by atoms with E-state index in [2.05, 4.69) is 0 Å². The number of amides is 1. The number of fused-ring (bicyclic) bond motifs is 1. The molecule has 1 aliphatic heterocycles. The van der Waals surface area contributed by atoms with Gasteiger partial charge in [-0.15, -0.1) is 0 Å². The molecular weight excluding hydrogens is 386 g/mol. The van der Waals surface area contributed by atoms with Crippen LogP contribution in [0.25, 0.3) is 0 Å². The van der Waals surface area contributed by atoms with E-state index < -0.39 is 12.1 Å². The first-order valence-electron chi connectivity index (χ1n) is 9.85. The highest BCUT2D eigenvalue weighted by molar-refractivity contribution is 5.98. The number of carbonyl (C=O) groups is 3. The van der Waals surface area contributed by atoms with Gasteiger partial charge in [0.15, 0.2) is 23.4 Å². The van der Waals surface area contributed by atoms with E-state index in [0.717, 1.165) is 5.56 Å². The average molecular weight is 411 g/mol. The van der Waals surface area contributed by atoms with Crippen molar-refractivity contribution < 1.29 is 28.6 Å². The van der Waals surface area contributed by atoms with E-state index in [1.165, 1.54) is 11.8 Å². The van der Waals surface area contributed by atoms with Crippen LogP contribution < -0.4 is 9.47 Å². The highest BCUT2D eigenvalue weighted by atomic mass is 16.6. The lowest BCUT2D eigenvalue weighted by molar-refractivity contribution is -0.158. The van der Waals surface area contributed by atoms with Crippen LogP contribution in [-0.2, 0) is 20.9 Å². The smallest absolute Gasteiger partial charge is 0.307 e. The molecule has 0 saturated carbocycles. The van der Waals surface area contributed by atoms with Crippen LogP contribution in [0.3, 0.4) is 0 Å². The Labute approximate surface area is 175 Å². The Kier molecular flexibility index (Phi) is 7.06. The summed E-state index contributed by atoms with van der Waals surface area (Å²) >= 11 is 0. The number of nitrogens with zero attached hydrogens (tertiary/aromatic N) is 1. The van der Waals surface area contributed by atoms with Gasteiger partial charge in [-0.2, -0.15) is 0 Å². The van der Waals surface area contributed by atoms with Gasteiger partial charge in [0.05, 0.1) is 6.42 Å². The number of hydrogen-bond donors (Lipinski definition) is 0. The summed E-state index contributed by atoms with van der Waals surface area (Å²) in [4.78, 5) is 38.4. The predicted octanol–water partition coefficient (Wildman–Crippen LogP) is 3.01. The third kappa shape index (κ3) is 5.59. The van der Waals surface area contributed by atoms with Crippen LogP contribution in [-0.4, -0.2) is 48.9 Å². The lowest BCUT2D eigenvalue weighted by Gasteiger charge is -2.21. The number of rotatable bonds is 8. The van der Waals surface area contributed by atoms with Gasteiger partial charge in [-0.1, -0.05) is 30.3 Å². The maximum atomic E-state index is 12.4. The Bertz CT molecular complexity index is 911. The van der Waals surface area contributed by atoms with Crippen LogP contribution in [0.15, 0.2) is 48.5 Å².